The molecule has 0 aliphatic heterocycles. The van der Waals surface area contributed by atoms with Gasteiger partial charge in [0.25, 0.3) is 0 Å². The van der Waals surface area contributed by atoms with Crippen LogP contribution < -0.4 is 16.4 Å². The van der Waals surface area contributed by atoms with E-state index in [9.17, 15) is 4.79 Å². The number of aromatic nitrogens is 3. The van der Waals surface area contributed by atoms with Gasteiger partial charge in [-0.1, -0.05) is 0 Å². The summed E-state index contributed by atoms with van der Waals surface area (Å²) in [5, 5.41) is 11.8. The minimum atomic E-state index is -0.400. The average molecular weight is 212 g/mol. The van der Waals surface area contributed by atoms with Crippen molar-refractivity contribution in [2.45, 2.75) is 32.9 Å². The molecule has 1 aromatic heterocycles. The van der Waals surface area contributed by atoms with Crippen molar-refractivity contribution in [1.82, 2.24) is 20.5 Å². The molecule has 1 atom stereocenters. The van der Waals surface area contributed by atoms with Crippen LogP contribution in [0.1, 0.15) is 20.8 Å². The first-order valence-corrected chi connectivity index (χ1v) is 4.74. The number of hydrogen-bond acceptors (Lipinski definition) is 5. The summed E-state index contributed by atoms with van der Waals surface area (Å²) in [4.78, 5) is 15.3. The third-order valence-corrected chi connectivity index (χ3v) is 1.67. The summed E-state index contributed by atoms with van der Waals surface area (Å²) < 4.78 is 0. The van der Waals surface area contributed by atoms with Crippen molar-refractivity contribution in [3.05, 3.63) is 0 Å². The predicted octanol–water partition coefficient (Wildman–Crippen LogP) is -0.288. The van der Waals surface area contributed by atoms with Gasteiger partial charge in [0.1, 0.15) is 6.04 Å². The van der Waals surface area contributed by atoms with Crippen LogP contribution >= 0.6 is 0 Å². The topological polar surface area (TPSA) is 109 Å². The van der Waals surface area contributed by atoms with E-state index < -0.39 is 6.04 Å². The fraction of sp³-hybridized carbons (Fsp3) is 0.625. The Morgan fingerprint density at radius 3 is 2.60 bits per heavy atom. The zero-order valence-corrected chi connectivity index (χ0v) is 9.03. The minimum absolute atomic E-state index is 0.103. The molecule has 7 heteroatoms. The molecule has 1 rings (SSSR count). The maximum atomic E-state index is 11.5. The number of nitrogens with zero attached hydrogens (tertiary/aromatic N) is 2. The van der Waals surface area contributed by atoms with Gasteiger partial charge in [0.05, 0.1) is 0 Å². The van der Waals surface area contributed by atoms with Crippen molar-refractivity contribution in [3.8, 4) is 0 Å². The van der Waals surface area contributed by atoms with Crippen LogP contribution in [0.15, 0.2) is 0 Å². The molecule has 0 aromatic carbocycles. The fourth-order valence-corrected chi connectivity index (χ4v) is 1.01. The summed E-state index contributed by atoms with van der Waals surface area (Å²) in [6.45, 7) is 5.52. The molecule has 0 saturated heterocycles. The smallest absolute Gasteiger partial charge is 0.244 e. The fourth-order valence-electron chi connectivity index (χ4n) is 1.01. The monoisotopic (exact) mass is 212 g/mol. The molecule has 0 aliphatic carbocycles. The molecule has 5 N–H and O–H groups in total. The third kappa shape index (κ3) is 3.45. The van der Waals surface area contributed by atoms with Gasteiger partial charge in [0.2, 0.25) is 17.8 Å². The molecule has 0 fully saturated rings. The number of amides is 1. The number of anilines is 2. The molecular formula is C8H16N6O. The van der Waals surface area contributed by atoms with E-state index in [1.165, 1.54) is 0 Å². The standard InChI is InChI=1S/C8H16N6O/c1-4(2)10-6(15)5(3)11-8-12-7(9)13-14-8/h4-5H,1-3H3,(H,10,15)(H4,9,11,12,13,14). The molecule has 0 bridgehead atoms. The Bertz CT molecular complexity index is 334. The maximum absolute atomic E-state index is 11.5. The van der Waals surface area contributed by atoms with Crippen molar-refractivity contribution in [1.29, 1.82) is 0 Å². The van der Waals surface area contributed by atoms with Gasteiger partial charge in [-0.25, -0.2) is 5.10 Å². The lowest BCUT2D eigenvalue weighted by atomic mass is 10.3. The molecule has 1 aromatic rings. The van der Waals surface area contributed by atoms with Crippen molar-refractivity contribution in [2.24, 2.45) is 0 Å². The van der Waals surface area contributed by atoms with Gasteiger partial charge >= 0.3 is 0 Å². The molecule has 15 heavy (non-hydrogen) atoms. The summed E-state index contributed by atoms with van der Waals surface area (Å²) in [6, 6.07) is -0.290. The van der Waals surface area contributed by atoms with Crippen molar-refractivity contribution in [2.75, 3.05) is 11.1 Å². The summed E-state index contributed by atoms with van der Waals surface area (Å²) in [6.07, 6.45) is 0. The van der Waals surface area contributed by atoms with Gasteiger partial charge in [-0.3, -0.25) is 4.79 Å². The molecule has 84 valence electrons. The second kappa shape index (κ2) is 4.63. The highest BCUT2D eigenvalue weighted by Gasteiger charge is 2.14. The normalized spacial score (nSPS) is 12.5. The first-order valence-electron chi connectivity index (χ1n) is 4.74. The van der Waals surface area contributed by atoms with Gasteiger partial charge in [-0.15, -0.1) is 5.10 Å². The Labute approximate surface area is 87.8 Å². The second-order valence-corrected chi connectivity index (χ2v) is 3.57. The summed E-state index contributed by atoms with van der Waals surface area (Å²) in [5.74, 6) is 0.432. The Kier molecular flexibility index (Phi) is 3.48. The van der Waals surface area contributed by atoms with Gasteiger partial charge in [0.15, 0.2) is 0 Å². The van der Waals surface area contributed by atoms with E-state index in [0.717, 1.165) is 0 Å². The molecule has 1 unspecified atom stereocenters. The van der Waals surface area contributed by atoms with E-state index in [2.05, 4.69) is 25.8 Å². The number of aromatic amines is 1. The van der Waals surface area contributed by atoms with Crippen molar-refractivity contribution in [3.63, 3.8) is 0 Å². The lowest BCUT2D eigenvalue weighted by Gasteiger charge is -2.14. The lowest BCUT2D eigenvalue weighted by molar-refractivity contribution is -0.122. The summed E-state index contributed by atoms with van der Waals surface area (Å²) in [7, 11) is 0. The van der Waals surface area contributed by atoms with Crippen LogP contribution in [0.4, 0.5) is 11.9 Å². The summed E-state index contributed by atoms with van der Waals surface area (Å²) >= 11 is 0. The van der Waals surface area contributed by atoms with E-state index in [-0.39, 0.29) is 17.9 Å². The van der Waals surface area contributed by atoms with Crippen LogP contribution in [0.25, 0.3) is 0 Å². The molecular weight excluding hydrogens is 196 g/mol. The Morgan fingerprint density at radius 1 is 1.47 bits per heavy atom. The van der Waals surface area contributed by atoms with Crippen LogP contribution in [0.3, 0.4) is 0 Å². The van der Waals surface area contributed by atoms with Crippen LogP contribution in [0, 0.1) is 0 Å². The maximum Gasteiger partial charge on any atom is 0.244 e. The third-order valence-electron chi connectivity index (χ3n) is 1.67. The highest BCUT2D eigenvalue weighted by Crippen LogP contribution is 2.01. The number of H-pyrrole nitrogens is 1. The van der Waals surface area contributed by atoms with E-state index in [1.807, 2.05) is 13.8 Å². The van der Waals surface area contributed by atoms with Crippen LogP contribution in [-0.4, -0.2) is 33.2 Å². The number of carbonyl (C=O) groups excluding carboxylic acids is 1. The number of rotatable bonds is 4. The van der Waals surface area contributed by atoms with E-state index in [0.29, 0.717) is 5.95 Å². The quantitative estimate of drug-likeness (QED) is 0.548. The Balaban J connectivity index is 2.48. The highest BCUT2D eigenvalue weighted by molar-refractivity contribution is 5.83. The first kappa shape index (κ1) is 11.3. The number of nitrogens with one attached hydrogen (secondary N) is 3. The van der Waals surface area contributed by atoms with Crippen molar-refractivity contribution >= 4 is 17.8 Å². The Morgan fingerprint density at radius 2 is 2.13 bits per heavy atom. The molecule has 1 amide bonds. The molecule has 0 saturated carbocycles. The first-order chi connectivity index (χ1) is 6.99. The van der Waals surface area contributed by atoms with E-state index in [4.69, 9.17) is 5.73 Å². The summed E-state index contributed by atoms with van der Waals surface area (Å²) in [5.41, 5.74) is 5.34. The average Bonchev–Trinajstić information content (AvgIpc) is 2.50. The van der Waals surface area contributed by atoms with Gasteiger partial charge in [0, 0.05) is 6.04 Å². The molecule has 0 radical (unpaired) electrons. The predicted molar refractivity (Wildman–Crippen MR) is 57.2 cm³/mol. The molecule has 7 nitrogen and oxygen atoms in total. The largest absolute Gasteiger partial charge is 0.368 e. The van der Waals surface area contributed by atoms with Gasteiger partial charge in [-0.05, 0) is 20.8 Å². The van der Waals surface area contributed by atoms with E-state index in [1.54, 1.807) is 6.92 Å². The minimum Gasteiger partial charge on any atom is -0.368 e. The van der Waals surface area contributed by atoms with E-state index >= 15 is 0 Å². The second-order valence-electron chi connectivity index (χ2n) is 3.57. The molecule has 0 spiro atoms. The van der Waals surface area contributed by atoms with Crippen LogP contribution in [0.2, 0.25) is 0 Å². The number of nitrogen functional groups attached to an aromatic ring is 1. The van der Waals surface area contributed by atoms with Crippen molar-refractivity contribution < 1.29 is 4.79 Å². The zero-order chi connectivity index (χ0) is 11.4. The zero-order valence-electron chi connectivity index (χ0n) is 9.03. The van der Waals surface area contributed by atoms with Crippen LogP contribution in [-0.2, 0) is 4.79 Å². The van der Waals surface area contributed by atoms with Gasteiger partial charge in [-0.2, -0.15) is 4.98 Å². The lowest BCUT2D eigenvalue weighted by Crippen LogP contribution is -2.41. The molecule has 0 aliphatic rings. The number of hydrogen-bond donors (Lipinski definition) is 4. The van der Waals surface area contributed by atoms with Gasteiger partial charge < -0.3 is 16.4 Å². The number of nitrogens with two attached hydrogens (primary N) is 1. The van der Waals surface area contributed by atoms with Crippen LogP contribution in [0.5, 0.6) is 0 Å². The SMILES string of the molecule is CC(C)NC(=O)C(C)Nc1n[nH]c(N)n1. The molecule has 1 heterocycles. The highest BCUT2D eigenvalue weighted by atomic mass is 16.2. The Hall–Kier alpha value is -1.79. The number of carbonyl (C=O) groups is 1.